The van der Waals surface area contributed by atoms with Gasteiger partial charge in [-0.1, -0.05) is 31.9 Å². The van der Waals surface area contributed by atoms with Crippen molar-refractivity contribution >= 4 is 15.7 Å². The molecule has 0 aliphatic rings. The maximum Gasteiger partial charge on any atom is 0.104 e. The Kier molecular flexibility index (Phi) is 4.37. The van der Waals surface area contributed by atoms with Crippen LogP contribution in [0.25, 0.3) is 0 Å². The molecule has 0 radical (unpaired) electrons. The van der Waals surface area contributed by atoms with Gasteiger partial charge in [0.25, 0.3) is 0 Å². The number of rotatable bonds is 3. The van der Waals surface area contributed by atoms with E-state index in [0.29, 0.717) is 0 Å². The maximum atomic E-state index is 2.31. The van der Waals surface area contributed by atoms with E-state index in [2.05, 4.69) is 22.6 Å². The summed E-state index contributed by atoms with van der Waals surface area (Å²) in [5.41, 5.74) is 0. The first-order chi connectivity index (χ1) is 3.31. The predicted molar refractivity (Wildman–Crippen MR) is 40.6 cm³/mol. The average Bonchev–Trinajstić information content (AvgIpc) is 1.68. The van der Waals surface area contributed by atoms with Crippen LogP contribution in [-0.2, 0) is 0 Å². The molecule has 0 aromatic rings. The molecule has 2 heteroatoms. The van der Waals surface area contributed by atoms with Crippen LogP contribution in [0, 0.1) is 0 Å². The fraction of sp³-hybridized carbons (Fsp3) is 1.00. The minimum atomic E-state index is 0.949. The van der Waals surface area contributed by atoms with E-state index in [1.54, 1.807) is 0 Å². The molecule has 0 fully saturated rings. The SMILES string of the molecule is BCC(B)CCC. The molecule has 0 rings (SSSR count). The van der Waals surface area contributed by atoms with Gasteiger partial charge in [0, 0.05) is 0 Å². The molecule has 0 saturated heterocycles. The van der Waals surface area contributed by atoms with Gasteiger partial charge in [0.05, 0.1) is 0 Å². The molecule has 0 nitrogen and oxygen atoms in total. The summed E-state index contributed by atoms with van der Waals surface area (Å²) in [5.74, 6) is 0.949. The summed E-state index contributed by atoms with van der Waals surface area (Å²) in [7, 11) is 4.56. The molecular formula is C5H14B2. The third-order valence-electron chi connectivity index (χ3n) is 1.48. The molecule has 40 valence electrons. The van der Waals surface area contributed by atoms with E-state index in [1.807, 2.05) is 0 Å². The van der Waals surface area contributed by atoms with Crippen LogP contribution in [0.15, 0.2) is 0 Å². The van der Waals surface area contributed by atoms with Crippen molar-refractivity contribution in [3.05, 3.63) is 0 Å². The van der Waals surface area contributed by atoms with Gasteiger partial charge in [-0.25, -0.2) is 0 Å². The van der Waals surface area contributed by atoms with Crippen molar-refractivity contribution in [3.8, 4) is 0 Å². The van der Waals surface area contributed by atoms with E-state index >= 15 is 0 Å². The molecule has 0 heterocycles. The molecule has 7 heavy (non-hydrogen) atoms. The van der Waals surface area contributed by atoms with Crippen LogP contribution in [0.1, 0.15) is 19.8 Å². The van der Waals surface area contributed by atoms with Gasteiger partial charge in [-0.2, -0.15) is 0 Å². The van der Waals surface area contributed by atoms with Gasteiger partial charge in [0.15, 0.2) is 0 Å². The normalized spacial score (nSPS) is 13.9. The monoisotopic (exact) mass is 96.1 g/mol. The Labute approximate surface area is 48.5 Å². The van der Waals surface area contributed by atoms with E-state index in [0.717, 1.165) is 5.82 Å². The average molecular weight is 95.8 g/mol. The number of hydrogen-bond acceptors (Lipinski definition) is 0. The summed E-state index contributed by atoms with van der Waals surface area (Å²) in [4.78, 5) is 0. The Morgan fingerprint density at radius 3 is 2.29 bits per heavy atom. The molecule has 0 N–H and O–H groups in total. The van der Waals surface area contributed by atoms with E-state index in [1.165, 1.54) is 19.2 Å². The molecule has 0 amide bonds. The van der Waals surface area contributed by atoms with Crippen LogP contribution >= 0.6 is 0 Å². The highest BCUT2D eigenvalue weighted by Gasteiger charge is 1.93. The molecule has 1 atom stereocenters. The standard InChI is InChI=1S/C5H14B2/c1-2-3-5(7)4-6/h5H,2-4,6-7H2,1H3. The van der Waals surface area contributed by atoms with Crippen molar-refractivity contribution < 1.29 is 0 Å². The zero-order valence-corrected chi connectivity index (χ0v) is 5.70. The summed E-state index contributed by atoms with van der Waals surface area (Å²) < 4.78 is 0. The van der Waals surface area contributed by atoms with Crippen molar-refractivity contribution in [2.24, 2.45) is 0 Å². The Morgan fingerprint density at radius 1 is 1.57 bits per heavy atom. The van der Waals surface area contributed by atoms with Gasteiger partial charge in [-0.05, 0) is 0 Å². The van der Waals surface area contributed by atoms with Crippen LogP contribution in [0.5, 0.6) is 0 Å². The lowest BCUT2D eigenvalue weighted by molar-refractivity contribution is 0.768. The van der Waals surface area contributed by atoms with Crippen molar-refractivity contribution in [3.63, 3.8) is 0 Å². The minimum absolute atomic E-state index is 0.949. The fourth-order valence-electron chi connectivity index (χ4n) is 0.697. The predicted octanol–water partition coefficient (Wildman–Crippen LogP) is 0.259. The summed E-state index contributed by atoms with van der Waals surface area (Å²) in [5, 5.41) is 0. The lowest BCUT2D eigenvalue weighted by Gasteiger charge is -2.02. The Hall–Kier alpha value is 0.130. The summed E-state index contributed by atoms with van der Waals surface area (Å²) in [6.45, 7) is 2.24. The molecule has 0 bridgehead atoms. The zero-order chi connectivity index (χ0) is 5.70. The molecular weight excluding hydrogens is 81.7 g/mol. The first kappa shape index (κ1) is 7.13. The summed E-state index contributed by atoms with van der Waals surface area (Å²) >= 11 is 0. The molecule has 0 aliphatic carbocycles. The number of hydrogen-bond donors (Lipinski definition) is 0. The second-order valence-electron chi connectivity index (χ2n) is 2.30. The van der Waals surface area contributed by atoms with Crippen molar-refractivity contribution in [2.75, 3.05) is 0 Å². The largest absolute Gasteiger partial charge is 0.104 e. The van der Waals surface area contributed by atoms with Gasteiger partial charge in [-0.3, -0.25) is 0 Å². The first-order valence-corrected chi connectivity index (χ1v) is 3.31. The van der Waals surface area contributed by atoms with E-state index in [4.69, 9.17) is 0 Å². The van der Waals surface area contributed by atoms with Crippen LogP contribution in [0.4, 0.5) is 0 Å². The van der Waals surface area contributed by atoms with Gasteiger partial charge in [-0.15, -0.1) is 0 Å². The quantitative estimate of drug-likeness (QED) is 0.442. The van der Waals surface area contributed by atoms with Crippen LogP contribution in [0.3, 0.4) is 0 Å². The zero-order valence-electron chi connectivity index (χ0n) is 5.70. The van der Waals surface area contributed by atoms with Crippen LogP contribution in [0.2, 0.25) is 12.1 Å². The lowest BCUT2D eigenvalue weighted by Crippen LogP contribution is -1.88. The van der Waals surface area contributed by atoms with E-state index in [-0.39, 0.29) is 0 Å². The Morgan fingerprint density at radius 2 is 2.14 bits per heavy atom. The topological polar surface area (TPSA) is 0 Å². The Balaban J connectivity index is 2.83. The van der Waals surface area contributed by atoms with Gasteiger partial charge >= 0.3 is 0 Å². The van der Waals surface area contributed by atoms with Crippen LogP contribution in [-0.4, -0.2) is 15.7 Å². The molecule has 0 aliphatic heterocycles. The molecule has 0 aromatic heterocycles. The second-order valence-corrected chi connectivity index (χ2v) is 2.30. The van der Waals surface area contributed by atoms with Crippen LogP contribution < -0.4 is 0 Å². The lowest BCUT2D eigenvalue weighted by atomic mass is 9.74. The summed E-state index contributed by atoms with van der Waals surface area (Å²) in [6.07, 6.45) is 4.08. The van der Waals surface area contributed by atoms with Crippen molar-refractivity contribution in [2.45, 2.75) is 31.9 Å². The smallest absolute Gasteiger partial charge is 0.0852 e. The molecule has 1 unspecified atom stereocenters. The highest BCUT2D eigenvalue weighted by Crippen LogP contribution is 2.10. The third-order valence-corrected chi connectivity index (χ3v) is 1.48. The minimum Gasteiger partial charge on any atom is -0.0852 e. The highest BCUT2D eigenvalue weighted by molar-refractivity contribution is 6.18. The molecule has 0 aromatic carbocycles. The third kappa shape index (κ3) is 3.97. The molecule has 0 spiro atoms. The van der Waals surface area contributed by atoms with Crippen molar-refractivity contribution in [1.82, 2.24) is 0 Å². The molecule has 0 saturated carbocycles. The van der Waals surface area contributed by atoms with E-state index < -0.39 is 0 Å². The van der Waals surface area contributed by atoms with Gasteiger partial charge < -0.3 is 0 Å². The van der Waals surface area contributed by atoms with Gasteiger partial charge in [0.1, 0.15) is 15.7 Å². The van der Waals surface area contributed by atoms with Crippen molar-refractivity contribution in [1.29, 1.82) is 0 Å². The fourth-order valence-corrected chi connectivity index (χ4v) is 0.697. The summed E-state index contributed by atoms with van der Waals surface area (Å²) in [6, 6.07) is 0. The first-order valence-electron chi connectivity index (χ1n) is 3.31. The second kappa shape index (κ2) is 4.29. The van der Waals surface area contributed by atoms with Gasteiger partial charge in [0.2, 0.25) is 0 Å². The Bertz CT molecular complexity index is 37.1. The highest BCUT2D eigenvalue weighted by atomic mass is 13.9. The van der Waals surface area contributed by atoms with E-state index in [9.17, 15) is 0 Å². The maximum absolute atomic E-state index is 2.31.